The van der Waals surface area contributed by atoms with Gasteiger partial charge in [-0.25, -0.2) is 9.97 Å². The number of nitrogens with two attached hydrogens (primary N) is 1. The van der Waals surface area contributed by atoms with Gasteiger partial charge >= 0.3 is 0 Å². The summed E-state index contributed by atoms with van der Waals surface area (Å²) in [6, 6.07) is 9.68. The number of carbonyl (C=O) groups excluding carboxylic acids is 2. The van der Waals surface area contributed by atoms with Gasteiger partial charge in [-0.3, -0.25) is 14.4 Å². The van der Waals surface area contributed by atoms with E-state index in [1.165, 1.54) is 10.6 Å². The maximum absolute atomic E-state index is 13.4. The third kappa shape index (κ3) is 4.34. The summed E-state index contributed by atoms with van der Waals surface area (Å²) in [6.45, 7) is 0.591. The van der Waals surface area contributed by atoms with Crippen LogP contribution in [0.5, 0.6) is 0 Å². The Balaban J connectivity index is 1.77. The second kappa shape index (κ2) is 8.85. The summed E-state index contributed by atoms with van der Waals surface area (Å²) in [6.07, 6.45) is 4.91. The summed E-state index contributed by atoms with van der Waals surface area (Å²) < 4.78 is 1.40. The number of amides is 2. The van der Waals surface area contributed by atoms with Crippen LogP contribution < -0.4 is 16.2 Å². The molecule has 170 valence electrons. The SMILES string of the molecule is CN(C)c1ncc(-c2ccc(C(N)=O)cc2)c([C@H]2CCCN2C(=O)c2ccc(=O)n(C)c2)n1. The molecule has 9 heteroatoms. The Bertz CT molecular complexity index is 1270. The number of primary amides is 1. The van der Waals surface area contributed by atoms with Crippen molar-refractivity contribution in [1.82, 2.24) is 19.4 Å². The number of rotatable bonds is 5. The summed E-state index contributed by atoms with van der Waals surface area (Å²) in [5.74, 6) is -0.0946. The van der Waals surface area contributed by atoms with Gasteiger partial charge < -0.3 is 20.1 Å². The molecule has 0 radical (unpaired) electrons. The van der Waals surface area contributed by atoms with Crippen LogP contribution in [0.3, 0.4) is 0 Å². The molecule has 0 spiro atoms. The lowest BCUT2D eigenvalue weighted by molar-refractivity contribution is 0.0732. The van der Waals surface area contributed by atoms with Crippen molar-refractivity contribution in [2.75, 3.05) is 25.5 Å². The molecular weight excluding hydrogens is 420 g/mol. The summed E-state index contributed by atoms with van der Waals surface area (Å²) in [5.41, 5.74) is 8.46. The standard InChI is InChI=1S/C24H26N6O3/c1-28(2)24-26-13-18(15-6-8-16(9-7-15)22(25)32)21(27-24)19-5-4-12-30(19)23(33)17-10-11-20(31)29(3)14-17/h6-11,13-14,19H,4-5,12H2,1-3H3,(H2,25,32)/t19-/m1/s1. The van der Waals surface area contributed by atoms with E-state index < -0.39 is 5.91 Å². The van der Waals surface area contributed by atoms with Gasteiger partial charge in [-0.15, -0.1) is 0 Å². The number of hydrogen-bond donors (Lipinski definition) is 1. The van der Waals surface area contributed by atoms with Crippen molar-refractivity contribution in [2.45, 2.75) is 18.9 Å². The smallest absolute Gasteiger partial charge is 0.255 e. The Hall–Kier alpha value is -4.01. The average molecular weight is 447 g/mol. The minimum absolute atomic E-state index is 0.145. The molecule has 1 saturated heterocycles. The van der Waals surface area contributed by atoms with Crippen molar-refractivity contribution in [3.63, 3.8) is 0 Å². The minimum atomic E-state index is -0.495. The molecular formula is C24H26N6O3. The second-order valence-corrected chi connectivity index (χ2v) is 8.33. The van der Waals surface area contributed by atoms with E-state index in [9.17, 15) is 14.4 Å². The van der Waals surface area contributed by atoms with E-state index in [0.29, 0.717) is 23.6 Å². The third-order valence-electron chi connectivity index (χ3n) is 5.85. The highest BCUT2D eigenvalue weighted by atomic mass is 16.2. The van der Waals surface area contributed by atoms with Gasteiger partial charge in [0.25, 0.3) is 5.91 Å². The lowest BCUT2D eigenvalue weighted by Gasteiger charge is -2.27. The van der Waals surface area contributed by atoms with Crippen molar-refractivity contribution in [3.8, 4) is 11.1 Å². The number of likely N-dealkylation sites (tertiary alicyclic amines) is 1. The van der Waals surface area contributed by atoms with E-state index >= 15 is 0 Å². The Labute approximate surface area is 191 Å². The van der Waals surface area contributed by atoms with Crippen molar-refractivity contribution >= 4 is 17.8 Å². The lowest BCUT2D eigenvalue weighted by atomic mass is 9.98. The predicted molar refractivity (Wildman–Crippen MR) is 125 cm³/mol. The molecule has 4 rings (SSSR count). The zero-order valence-corrected chi connectivity index (χ0v) is 18.9. The molecule has 0 bridgehead atoms. The monoisotopic (exact) mass is 446 g/mol. The molecule has 3 aromatic rings. The molecule has 1 atom stereocenters. The van der Waals surface area contributed by atoms with Gasteiger partial charge in [0.15, 0.2) is 0 Å². The Morgan fingerprint density at radius 2 is 1.79 bits per heavy atom. The molecule has 9 nitrogen and oxygen atoms in total. The number of anilines is 1. The van der Waals surface area contributed by atoms with Gasteiger partial charge in [-0.2, -0.15) is 0 Å². The van der Waals surface area contributed by atoms with E-state index in [1.807, 2.05) is 36.0 Å². The van der Waals surface area contributed by atoms with Gasteiger partial charge in [0.05, 0.1) is 17.3 Å². The van der Waals surface area contributed by atoms with Gasteiger partial charge in [0, 0.05) is 57.3 Å². The fourth-order valence-electron chi connectivity index (χ4n) is 4.07. The molecule has 3 heterocycles. The van der Waals surface area contributed by atoms with Crippen LogP contribution in [0.2, 0.25) is 0 Å². The van der Waals surface area contributed by atoms with E-state index in [0.717, 1.165) is 29.7 Å². The van der Waals surface area contributed by atoms with Crippen LogP contribution in [-0.4, -0.2) is 51.9 Å². The summed E-state index contributed by atoms with van der Waals surface area (Å²) >= 11 is 0. The quantitative estimate of drug-likeness (QED) is 0.641. The minimum Gasteiger partial charge on any atom is -0.366 e. The van der Waals surface area contributed by atoms with Crippen LogP contribution in [0, 0.1) is 0 Å². The van der Waals surface area contributed by atoms with Crippen LogP contribution in [-0.2, 0) is 7.05 Å². The van der Waals surface area contributed by atoms with Crippen LogP contribution in [0.4, 0.5) is 5.95 Å². The number of carbonyl (C=O) groups is 2. The second-order valence-electron chi connectivity index (χ2n) is 8.33. The first kappa shape index (κ1) is 22.2. The maximum Gasteiger partial charge on any atom is 0.255 e. The maximum atomic E-state index is 13.4. The van der Waals surface area contributed by atoms with E-state index in [-0.39, 0.29) is 17.5 Å². The fourth-order valence-corrected chi connectivity index (χ4v) is 4.07. The zero-order chi connectivity index (χ0) is 23.7. The lowest BCUT2D eigenvalue weighted by Crippen LogP contribution is -2.32. The molecule has 1 aliphatic rings. The summed E-state index contributed by atoms with van der Waals surface area (Å²) in [5, 5.41) is 0. The fraction of sp³-hybridized carbons (Fsp3) is 0.292. The number of aryl methyl sites for hydroxylation is 1. The van der Waals surface area contributed by atoms with Gasteiger partial charge in [0.1, 0.15) is 0 Å². The molecule has 2 N–H and O–H groups in total. The third-order valence-corrected chi connectivity index (χ3v) is 5.85. The first-order valence-electron chi connectivity index (χ1n) is 10.7. The number of aromatic nitrogens is 3. The first-order chi connectivity index (χ1) is 15.8. The van der Waals surface area contributed by atoms with Gasteiger partial charge in [0.2, 0.25) is 17.4 Å². The van der Waals surface area contributed by atoms with Crippen LogP contribution >= 0.6 is 0 Å². The molecule has 0 aliphatic carbocycles. The topological polar surface area (TPSA) is 114 Å². The Morgan fingerprint density at radius 1 is 1.09 bits per heavy atom. The zero-order valence-electron chi connectivity index (χ0n) is 18.9. The van der Waals surface area contributed by atoms with Crippen molar-refractivity contribution in [3.05, 3.63) is 76.0 Å². The highest BCUT2D eigenvalue weighted by Crippen LogP contribution is 2.38. The van der Waals surface area contributed by atoms with Crippen LogP contribution in [0.25, 0.3) is 11.1 Å². The van der Waals surface area contributed by atoms with E-state index in [2.05, 4.69) is 4.98 Å². The van der Waals surface area contributed by atoms with Crippen molar-refractivity contribution in [1.29, 1.82) is 0 Å². The van der Waals surface area contributed by atoms with Crippen LogP contribution in [0.15, 0.2) is 53.6 Å². The summed E-state index contributed by atoms with van der Waals surface area (Å²) in [4.78, 5) is 49.5. The molecule has 0 saturated carbocycles. The average Bonchev–Trinajstić information content (AvgIpc) is 3.30. The van der Waals surface area contributed by atoms with Crippen molar-refractivity contribution < 1.29 is 9.59 Å². The predicted octanol–water partition coefficient (Wildman–Crippen LogP) is 1.98. The van der Waals surface area contributed by atoms with Gasteiger partial charge in [-0.05, 0) is 36.6 Å². The van der Waals surface area contributed by atoms with E-state index in [4.69, 9.17) is 10.7 Å². The molecule has 2 amide bonds. The van der Waals surface area contributed by atoms with E-state index in [1.54, 1.807) is 37.6 Å². The normalized spacial score (nSPS) is 15.5. The molecule has 33 heavy (non-hydrogen) atoms. The van der Waals surface area contributed by atoms with Crippen molar-refractivity contribution in [2.24, 2.45) is 12.8 Å². The van der Waals surface area contributed by atoms with Gasteiger partial charge in [-0.1, -0.05) is 12.1 Å². The number of hydrogen-bond acceptors (Lipinski definition) is 6. The highest BCUT2D eigenvalue weighted by molar-refractivity contribution is 5.95. The molecule has 1 aromatic carbocycles. The van der Waals surface area contributed by atoms with Crippen LogP contribution in [0.1, 0.15) is 45.3 Å². The molecule has 0 unspecified atom stereocenters. The molecule has 1 aliphatic heterocycles. The number of pyridine rings is 1. The largest absolute Gasteiger partial charge is 0.366 e. The Morgan fingerprint density at radius 3 is 2.42 bits per heavy atom. The first-order valence-corrected chi connectivity index (χ1v) is 10.7. The highest BCUT2D eigenvalue weighted by Gasteiger charge is 2.34. The molecule has 2 aromatic heterocycles. The Kier molecular flexibility index (Phi) is 5.95. The summed E-state index contributed by atoms with van der Waals surface area (Å²) in [7, 11) is 5.35. The molecule has 1 fully saturated rings. The number of benzene rings is 1. The number of nitrogens with zero attached hydrogens (tertiary/aromatic N) is 5.